The molecular weight excluding hydrogens is 270 g/mol. The minimum Gasteiger partial charge on any atom is -0.469 e. The first-order chi connectivity index (χ1) is 10.1. The molecule has 2 rings (SSSR count). The van der Waals surface area contributed by atoms with Crippen molar-refractivity contribution >= 4 is 12.1 Å². The van der Waals surface area contributed by atoms with Gasteiger partial charge in [0.2, 0.25) is 0 Å². The third-order valence-electron chi connectivity index (χ3n) is 3.93. The minimum absolute atomic E-state index is 0.200. The van der Waals surface area contributed by atoms with Crippen LogP contribution in [0.3, 0.4) is 0 Å². The number of likely N-dealkylation sites (tertiary alicyclic amines) is 1. The van der Waals surface area contributed by atoms with Gasteiger partial charge in [-0.15, -0.1) is 0 Å². The van der Waals surface area contributed by atoms with Gasteiger partial charge in [0.05, 0.1) is 13.0 Å². The molecular formula is C16H21NO4. The van der Waals surface area contributed by atoms with E-state index in [4.69, 9.17) is 9.47 Å². The number of ether oxygens (including phenoxy) is 2. The van der Waals surface area contributed by atoms with E-state index >= 15 is 0 Å². The Morgan fingerprint density at radius 3 is 2.67 bits per heavy atom. The Morgan fingerprint density at radius 1 is 1.29 bits per heavy atom. The minimum atomic E-state index is -0.375. The SMILES string of the molecule is COC(=O)[C@H]1CCCN(C(=O)OCc2ccccc2)[C@@H]1C. The second-order valence-corrected chi connectivity index (χ2v) is 5.25. The third kappa shape index (κ3) is 3.74. The summed E-state index contributed by atoms with van der Waals surface area (Å²) in [5.41, 5.74) is 0.944. The predicted octanol–water partition coefficient (Wildman–Crippen LogP) is 2.60. The zero-order valence-corrected chi connectivity index (χ0v) is 12.5. The van der Waals surface area contributed by atoms with Crippen molar-refractivity contribution in [2.24, 2.45) is 5.92 Å². The highest BCUT2D eigenvalue weighted by molar-refractivity contribution is 5.75. The molecule has 1 aliphatic rings. The summed E-state index contributed by atoms with van der Waals surface area (Å²) in [7, 11) is 1.38. The molecule has 5 nitrogen and oxygen atoms in total. The fourth-order valence-corrected chi connectivity index (χ4v) is 2.67. The molecule has 0 radical (unpaired) electrons. The number of carbonyl (C=O) groups is 2. The van der Waals surface area contributed by atoms with Crippen LogP contribution in [-0.2, 0) is 20.9 Å². The van der Waals surface area contributed by atoms with Gasteiger partial charge in [0.1, 0.15) is 6.61 Å². The van der Waals surface area contributed by atoms with Crippen molar-refractivity contribution in [1.29, 1.82) is 0 Å². The smallest absolute Gasteiger partial charge is 0.410 e. The van der Waals surface area contributed by atoms with E-state index in [-0.39, 0.29) is 30.6 Å². The molecule has 1 heterocycles. The van der Waals surface area contributed by atoms with Crippen LogP contribution in [0.1, 0.15) is 25.3 Å². The molecule has 0 unspecified atom stereocenters. The average Bonchev–Trinajstić information content (AvgIpc) is 2.53. The van der Waals surface area contributed by atoms with Crippen LogP contribution in [0.4, 0.5) is 4.79 Å². The number of methoxy groups -OCH3 is 1. The molecule has 0 saturated carbocycles. The zero-order chi connectivity index (χ0) is 15.2. The van der Waals surface area contributed by atoms with Gasteiger partial charge < -0.3 is 14.4 Å². The molecule has 0 aliphatic carbocycles. The molecule has 1 aromatic carbocycles. The quantitative estimate of drug-likeness (QED) is 0.803. The van der Waals surface area contributed by atoms with Crippen LogP contribution in [0.5, 0.6) is 0 Å². The largest absolute Gasteiger partial charge is 0.469 e. The molecule has 1 fully saturated rings. The lowest BCUT2D eigenvalue weighted by Crippen LogP contribution is -2.49. The van der Waals surface area contributed by atoms with Crippen LogP contribution in [0.25, 0.3) is 0 Å². The number of hydrogen-bond acceptors (Lipinski definition) is 4. The van der Waals surface area contributed by atoms with Crippen molar-refractivity contribution in [2.45, 2.75) is 32.4 Å². The maximum absolute atomic E-state index is 12.2. The summed E-state index contributed by atoms with van der Waals surface area (Å²) in [6.45, 7) is 2.72. The molecule has 0 aromatic heterocycles. The van der Waals surface area contributed by atoms with Crippen LogP contribution >= 0.6 is 0 Å². The standard InChI is InChI=1S/C16H21NO4/c1-12-14(15(18)20-2)9-6-10-17(12)16(19)21-11-13-7-4-3-5-8-13/h3-5,7-8,12,14H,6,9-11H2,1-2H3/t12-,14+/m1/s1. The number of hydrogen-bond donors (Lipinski definition) is 0. The Kier molecular flexibility index (Phi) is 5.20. The van der Waals surface area contributed by atoms with Crippen LogP contribution in [-0.4, -0.2) is 36.7 Å². The maximum atomic E-state index is 12.2. The lowest BCUT2D eigenvalue weighted by molar-refractivity contribution is -0.148. The number of rotatable bonds is 3. The topological polar surface area (TPSA) is 55.8 Å². The van der Waals surface area contributed by atoms with E-state index in [1.54, 1.807) is 4.90 Å². The van der Waals surface area contributed by atoms with E-state index < -0.39 is 0 Å². The predicted molar refractivity (Wildman–Crippen MR) is 77.5 cm³/mol. The van der Waals surface area contributed by atoms with Gasteiger partial charge in [0.15, 0.2) is 0 Å². The van der Waals surface area contributed by atoms with Gasteiger partial charge in [-0.1, -0.05) is 30.3 Å². The summed E-state index contributed by atoms with van der Waals surface area (Å²) in [5.74, 6) is -0.531. The number of nitrogens with zero attached hydrogens (tertiary/aromatic N) is 1. The molecule has 1 amide bonds. The van der Waals surface area contributed by atoms with E-state index in [1.165, 1.54) is 7.11 Å². The first kappa shape index (κ1) is 15.4. The van der Waals surface area contributed by atoms with Crippen molar-refractivity contribution < 1.29 is 19.1 Å². The number of benzene rings is 1. The second kappa shape index (κ2) is 7.11. The second-order valence-electron chi connectivity index (χ2n) is 5.25. The number of amides is 1. The van der Waals surface area contributed by atoms with E-state index in [1.807, 2.05) is 37.3 Å². The third-order valence-corrected chi connectivity index (χ3v) is 3.93. The normalized spacial score (nSPS) is 21.7. The Labute approximate surface area is 124 Å². The monoisotopic (exact) mass is 291 g/mol. The van der Waals surface area contributed by atoms with Crippen LogP contribution in [0.15, 0.2) is 30.3 Å². The molecule has 5 heteroatoms. The van der Waals surface area contributed by atoms with Crippen LogP contribution in [0, 0.1) is 5.92 Å². The first-order valence-electron chi connectivity index (χ1n) is 7.18. The summed E-state index contributed by atoms with van der Waals surface area (Å²) < 4.78 is 10.1. The van der Waals surface area contributed by atoms with Crippen molar-refractivity contribution in [2.75, 3.05) is 13.7 Å². The first-order valence-corrected chi connectivity index (χ1v) is 7.18. The van der Waals surface area contributed by atoms with Crippen LogP contribution < -0.4 is 0 Å². The summed E-state index contributed by atoms with van der Waals surface area (Å²) in [6.07, 6.45) is 1.15. The molecule has 0 spiro atoms. The Morgan fingerprint density at radius 2 is 2.00 bits per heavy atom. The van der Waals surface area contributed by atoms with E-state index in [9.17, 15) is 9.59 Å². The molecule has 21 heavy (non-hydrogen) atoms. The van der Waals surface area contributed by atoms with Crippen molar-refractivity contribution in [3.63, 3.8) is 0 Å². The van der Waals surface area contributed by atoms with Crippen LogP contribution in [0.2, 0.25) is 0 Å². The van der Waals surface area contributed by atoms with Crippen molar-refractivity contribution in [1.82, 2.24) is 4.90 Å². The lowest BCUT2D eigenvalue weighted by Gasteiger charge is -2.37. The molecule has 0 N–H and O–H groups in total. The summed E-state index contributed by atoms with van der Waals surface area (Å²) >= 11 is 0. The molecule has 2 atom stereocenters. The van der Waals surface area contributed by atoms with Crippen molar-refractivity contribution in [3.8, 4) is 0 Å². The van der Waals surface area contributed by atoms with Crippen molar-refractivity contribution in [3.05, 3.63) is 35.9 Å². The average molecular weight is 291 g/mol. The number of carbonyl (C=O) groups excluding carboxylic acids is 2. The van der Waals surface area contributed by atoms with E-state index in [2.05, 4.69) is 0 Å². The molecule has 1 saturated heterocycles. The van der Waals surface area contributed by atoms with Gasteiger partial charge in [0.25, 0.3) is 0 Å². The molecule has 0 bridgehead atoms. The number of piperidine rings is 1. The maximum Gasteiger partial charge on any atom is 0.410 e. The Balaban J connectivity index is 1.93. The van der Waals surface area contributed by atoms with Gasteiger partial charge in [-0.25, -0.2) is 4.79 Å². The van der Waals surface area contributed by atoms with Gasteiger partial charge in [-0.3, -0.25) is 4.79 Å². The Hall–Kier alpha value is -2.04. The molecule has 114 valence electrons. The van der Waals surface area contributed by atoms with Gasteiger partial charge in [0, 0.05) is 12.6 Å². The molecule has 1 aliphatic heterocycles. The lowest BCUT2D eigenvalue weighted by atomic mass is 9.90. The van der Waals surface area contributed by atoms with Gasteiger partial charge in [-0.2, -0.15) is 0 Å². The summed E-state index contributed by atoms with van der Waals surface area (Å²) in [5, 5.41) is 0. The summed E-state index contributed by atoms with van der Waals surface area (Å²) in [6, 6.07) is 9.34. The van der Waals surface area contributed by atoms with Gasteiger partial charge in [-0.05, 0) is 25.3 Å². The Bertz CT molecular complexity index is 488. The highest BCUT2D eigenvalue weighted by atomic mass is 16.6. The fourth-order valence-electron chi connectivity index (χ4n) is 2.67. The zero-order valence-electron chi connectivity index (χ0n) is 12.5. The molecule has 1 aromatic rings. The number of esters is 1. The van der Waals surface area contributed by atoms with E-state index in [0.717, 1.165) is 18.4 Å². The van der Waals surface area contributed by atoms with Gasteiger partial charge >= 0.3 is 12.1 Å². The fraction of sp³-hybridized carbons (Fsp3) is 0.500. The highest BCUT2D eigenvalue weighted by Crippen LogP contribution is 2.25. The summed E-state index contributed by atoms with van der Waals surface area (Å²) in [4.78, 5) is 25.5. The van der Waals surface area contributed by atoms with E-state index in [0.29, 0.717) is 6.54 Å². The highest BCUT2D eigenvalue weighted by Gasteiger charge is 2.36.